The van der Waals surface area contributed by atoms with E-state index in [-0.39, 0.29) is 18.1 Å². The van der Waals surface area contributed by atoms with E-state index in [0.717, 1.165) is 41.9 Å². The molecule has 1 saturated heterocycles. The van der Waals surface area contributed by atoms with Gasteiger partial charge in [0.25, 0.3) is 0 Å². The fraction of sp³-hybridized carbons (Fsp3) is 0.409. The minimum absolute atomic E-state index is 0.0951. The molecule has 0 bridgehead atoms. The number of benzene rings is 1. The van der Waals surface area contributed by atoms with Crippen molar-refractivity contribution >= 4 is 38.3 Å². The first-order chi connectivity index (χ1) is 15.3. The van der Waals surface area contributed by atoms with Crippen LogP contribution in [0.15, 0.2) is 48.9 Å². The predicted molar refractivity (Wildman–Crippen MR) is 125 cm³/mol. The highest BCUT2D eigenvalue weighted by molar-refractivity contribution is 7.90. The van der Waals surface area contributed by atoms with E-state index in [0.29, 0.717) is 6.54 Å². The van der Waals surface area contributed by atoms with E-state index in [1.165, 1.54) is 12.6 Å². The molecule has 4 N–H and O–H groups in total. The summed E-state index contributed by atoms with van der Waals surface area (Å²) in [6.45, 7) is 1.30. The number of hydrogen-bond acceptors (Lipinski definition) is 7. The summed E-state index contributed by atoms with van der Waals surface area (Å²) in [4.78, 5) is 27.0. The van der Waals surface area contributed by atoms with E-state index in [2.05, 4.69) is 25.2 Å². The lowest BCUT2D eigenvalue weighted by atomic mass is 9.75. The molecule has 1 aromatic carbocycles. The molecule has 3 aromatic rings. The molecule has 4 rings (SSSR count). The second-order valence-electron chi connectivity index (χ2n) is 8.43. The number of rotatable bonds is 8. The number of fused-ring (bicyclic) bond motifs is 1. The zero-order chi connectivity index (χ0) is 22.8. The second-order valence-corrected chi connectivity index (χ2v) is 10.7. The Balaban J connectivity index is 1.70. The predicted octanol–water partition coefficient (Wildman–Crippen LogP) is 1.95. The van der Waals surface area contributed by atoms with Gasteiger partial charge in [0, 0.05) is 37.1 Å². The average Bonchev–Trinajstić information content (AvgIpc) is 3.26. The van der Waals surface area contributed by atoms with Gasteiger partial charge in [-0.15, -0.1) is 0 Å². The summed E-state index contributed by atoms with van der Waals surface area (Å²) in [5, 5.41) is 4.24. The molecule has 170 valence electrons. The minimum Gasteiger partial charge on any atom is -0.371 e. The number of aromatic amines is 1. The maximum Gasteiger partial charge on any atom is 0.243 e. The summed E-state index contributed by atoms with van der Waals surface area (Å²) in [5.74, 6) is -0.102. The number of carbonyl (C=O) groups is 1. The SMILES string of the molecule is CS(=O)(=O)CCC(Nc1ccccc1)(C(N)=O)[C@@H]1CCCN(c2ncnc3[nH]ccc23)C1. The number of hydrogen-bond donors (Lipinski definition) is 3. The Morgan fingerprint density at radius 3 is 2.78 bits per heavy atom. The van der Waals surface area contributed by atoms with Gasteiger partial charge in [-0.2, -0.15) is 0 Å². The molecule has 2 aromatic heterocycles. The van der Waals surface area contributed by atoms with Crippen molar-refractivity contribution in [1.82, 2.24) is 15.0 Å². The number of nitrogens with one attached hydrogen (secondary N) is 2. The number of anilines is 2. The first-order valence-electron chi connectivity index (χ1n) is 10.6. The first-order valence-corrected chi connectivity index (χ1v) is 12.7. The van der Waals surface area contributed by atoms with Crippen LogP contribution in [0.25, 0.3) is 11.0 Å². The monoisotopic (exact) mass is 456 g/mol. The van der Waals surface area contributed by atoms with Crippen LogP contribution in [0.5, 0.6) is 0 Å². The van der Waals surface area contributed by atoms with Crippen LogP contribution in [0.1, 0.15) is 19.3 Å². The number of primary amides is 1. The largest absolute Gasteiger partial charge is 0.371 e. The number of amides is 1. The summed E-state index contributed by atoms with van der Waals surface area (Å²) in [6, 6.07) is 11.2. The van der Waals surface area contributed by atoms with Crippen molar-refractivity contribution in [2.75, 3.05) is 35.3 Å². The van der Waals surface area contributed by atoms with Gasteiger partial charge in [-0.3, -0.25) is 4.79 Å². The van der Waals surface area contributed by atoms with Gasteiger partial charge < -0.3 is 20.9 Å². The summed E-state index contributed by atoms with van der Waals surface area (Å²) in [6.07, 6.45) is 6.18. The summed E-state index contributed by atoms with van der Waals surface area (Å²) in [7, 11) is -3.29. The van der Waals surface area contributed by atoms with Gasteiger partial charge in [0.15, 0.2) is 0 Å². The van der Waals surface area contributed by atoms with Gasteiger partial charge in [0.05, 0.1) is 11.1 Å². The smallest absolute Gasteiger partial charge is 0.243 e. The molecular weight excluding hydrogens is 428 g/mol. The van der Waals surface area contributed by atoms with Crippen molar-refractivity contribution in [3.8, 4) is 0 Å². The minimum atomic E-state index is -3.29. The van der Waals surface area contributed by atoms with E-state index < -0.39 is 21.3 Å². The maximum atomic E-state index is 13.0. The molecule has 1 amide bonds. The average molecular weight is 457 g/mol. The van der Waals surface area contributed by atoms with Crippen LogP contribution in [-0.2, 0) is 14.6 Å². The van der Waals surface area contributed by atoms with Crippen molar-refractivity contribution in [3.63, 3.8) is 0 Å². The van der Waals surface area contributed by atoms with Crippen LogP contribution in [0.3, 0.4) is 0 Å². The summed E-state index contributed by atoms with van der Waals surface area (Å²) < 4.78 is 24.1. The Labute approximate surface area is 187 Å². The standard InChI is InChI=1S/C22H28N6O3S/c1-32(30,31)13-10-22(21(23)29,27-17-7-3-2-4-8-17)16-6-5-12-28(14-16)20-18-9-11-24-19(18)25-15-26-20/h2-4,7-9,11,15-16,27H,5-6,10,12-14H2,1H3,(H2,23,29)(H,24,25,26)/t16-,22?/m1/s1. The van der Waals surface area contributed by atoms with Gasteiger partial charge in [0.1, 0.15) is 33.2 Å². The molecule has 1 aliphatic heterocycles. The van der Waals surface area contributed by atoms with Crippen LogP contribution < -0.4 is 16.0 Å². The molecule has 0 aliphatic carbocycles. The van der Waals surface area contributed by atoms with E-state index in [9.17, 15) is 13.2 Å². The Hall–Kier alpha value is -3.14. The molecule has 32 heavy (non-hydrogen) atoms. The molecule has 3 heterocycles. The quantitative estimate of drug-likeness (QED) is 0.471. The summed E-state index contributed by atoms with van der Waals surface area (Å²) >= 11 is 0. The number of sulfone groups is 1. The van der Waals surface area contributed by atoms with Gasteiger partial charge in [-0.05, 0) is 37.5 Å². The number of H-pyrrole nitrogens is 1. The van der Waals surface area contributed by atoms with Crippen LogP contribution in [-0.4, -0.2) is 59.9 Å². The fourth-order valence-corrected chi connectivity index (χ4v) is 5.26. The van der Waals surface area contributed by atoms with E-state index in [1.54, 1.807) is 0 Å². The second kappa shape index (κ2) is 8.78. The normalized spacial score (nSPS) is 18.9. The maximum absolute atomic E-state index is 13.0. The number of nitrogens with two attached hydrogens (primary N) is 1. The van der Waals surface area contributed by atoms with Crippen LogP contribution in [0, 0.1) is 5.92 Å². The molecule has 1 aliphatic rings. The first kappa shape index (κ1) is 22.1. The molecule has 0 spiro atoms. The van der Waals surface area contributed by atoms with Crippen LogP contribution in [0.4, 0.5) is 11.5 Å². The number of para-hydroxylation sites is 1. The van der Waals surface area contributed by atoms with E-state index in [4.69, 9.17) is 5.73 Å². The van der Waals surface area contributed by atoms with Crippen molar-refractivity contribution in [2.24, 2.45) is 11.7 Å². The molecule has 1 fully saturated rings. The van der Waals surface area contributed by atoms with Gasteiger partial charge in [-0.25, -0.2) is 18.4 Å². The molecule has 0 radical (unpaired) electrons. The lowest BCUT2D eigenvalue weighted by molar-refractivity contribution is -0.124. The third-order valence-corrected chi connectivity index (χ3v) is 7.14. The van der Waals surface area contributed by atoms with Gasteiger partial charge in [-0.1, -0.05) is 18.2 Å². The lowest BCUT2D eigenvalue weighted by Crippen LogP contribution is -2.60. The number of piperidine rings is 1. The summed E-state index contributed by atoms with van der Waals surface area (Å²) in [5.41, 5.74) is 6.25. The van der Waals surface area contributed by atoms with Crippen molar-refractivity contribution < 1.29 is 13.2 Å². The highest BCUT2D eigenvalue weighted by Crippen LogP contribution is 2.36. The molecule has 0 saturated carbocycles. The Bertz CT molecular complexity index is 1200. The highest BCUT2D eigenvalue weighted by atomic mass is 32.2. The highest BCUT2D eigenvalue weighted by Gasteiger charge is 2.46. The Morgan fingerprint density at radius 1 is 1.28 bits per heavy atom. The topological polar surface area (TPSA) is 134 Å². The fourth-order valence-electron chi connectivity index (χ4n) is 4.56. The van der Waals surface area contributed by atoms with Crippen LogP contribution in [0.2, 0.25) is 0 Å². The number of carbonyl (C=O) groups excluding carboxylic acids is 1. The lowest BCUT2D eigenvalue weighted by Gasteiger charge is -2.45. The van der Waals surface area contributed by atoms with E-state index >= 15 is 0 Å². The Kier molecular flexibility index (Phi) is 6.05. The molecular formula is C22H28N6O3S. The zero-order valence-electron chi connectivity index (χ0n) is 18.0. The number of aromatic nitrogens is 3. The molecule has 1 unspecified atom stereocenters. The number of nitrogens with zero attached hydrogens (tertiary/aromatic N) is 3. The van der Waals surface area contributed by atoms with Gasteiger partial charge in [0.2, 0.25) is 5.91 Å². The van der Waals surface area contributed by atoms with E-state index in [1.807, 2.05) is 42.6 Å². The third kappa shape index (κ3) is 4.55. The van der Waals surface area contributed by atoms with Crippen molar-refractivity contribution in [2.45, 2.75) is 24.8 Å². The zero-order valence-corrected chi connectivity index (χ0v) is 18.8. The third-order valence-electron chi connectivity index (χ3n) is 6.20. The van der Waals surface area contributed by atoms with Crippen molar-refractivity contribution in [3.05, 3.63) is 48.9 Å². The van der Waals surface area contributed by atoms with Crippen molar-refractivity contribution in [1.29, 1.82) is 0 Å². The molecule has 9 nitrogen and oxygen atoms in total. The van der Waals surface area contributed by atoms with Gasteiger partial charge >= 0.3 is 0 Å². The molecule has 10 heteroatoms. The van der Waals surface area contributed by atoms with Crippen LogP contribution >= 0.6 is 0 Å². The molecule has 2 atom stereocenters. The Morgan fingerprint density at radius 2 is 2.06 bits per heavy atom.